The molecule has 1 amide bonds. The van der Waals surface area contributed by atoms with E-state index in [1.54, 1.807) is 6.07 Å². The van der Waals surface area contributed by atoms with Gasteiger partial charge in [-0.1, -0.05) is 28.1 Å². The summed E-state index contributed by atoms with van der Waals surface area (Å²) in [6.45, 7) is 0.394. The van der Waals surface area contributed by atoms with Gasteiger partial charge in [-0.05, 0) is 12.1 Å². The van der Waals surface area contributed by atoms with Gasteiger partial charge in [0.25, 0.3) is 10.1 Å². The molecule has 1 atom stereocenters. The number of para-hydroxylation sites is 1. The zero-order valence-corrected chi connectivity index (χ0v) is 11.1. The largest absolute Gasteiger partial charge is 0.310 e. The van der Waals surface area contributed by atoms with Crippen LogP contribution in [0, 0.1) is 0 Å². The lowest BCUT2D eigenvalue weighted by atomic mass is 10.3. The molecule has 1 aromatic rings. The average molecular weight is 320 g/mol. The Kier molecular flexibility index (Phi) is 3.24. The van der Waals surface area contributed by atoms with Crippen LogP contribution in [-0.4, -0.2) is 30.2 Å². The van der Waals surface area contributed by atoms with E-state index in [4.69, 9.17) is 4.55 Å². The van der Waals surface area contributed by atoms with Gasteiger partial charge in [-0.25, -0.2) is 0 Å². The molecule has 0 radical (unpaired) electrons. The first kappa shape index (κ1) is 12.5. The van der Waals surface area contributed by atoms with Gasteiger partial charge in [0, 0.05) is 17.8 Å². The topological polar surface area (TPSA) is 74.7 Å². The van der Waals surface area contributed by atoms with Gasteiger partial charge in [-0.3, -0.25) is 9.35 Å². The van der Waals surface area contributed by atoms with Gasteiger partial charge in [0.15, 0.2) is 0 Å². The summed E-state index contributed by atoms with van der Waals surface area (Å²) in [4.78, 5) is 12.8. The zero-order valence-electron chi connectivity index (χ0n) is 8.71. The Balaban J connectivity index is 2.50. The van der Waals surface area contributed by atoms with Gasteiger partial charge >= 0.3 is 0 Å². The van der Waals surface area contributed by atoms with Gasteiger partial charge in [-0.15, -0.1) is 0 Å². The number of anilines is 1. The van der Waals surface area contributed by atoms with Crippen LogP contribution in [-0.2, 0) is 14.9 Å². The molecule has 0 bridgehead atoms. The van der Waals surface area contributed by atoms with E-state index in [0.29, 0.717) is 13.0 Å². The van der Waals surface area contributed by atoms with Crippen molar-refractivity contribution >= 4 is 37.6 Å². The summed E-state index contributed by atoms with van der Waals surface area (Å²) in [6, 6.07) is 5.91. The monoisotopic (exact) mass is 319 g/mol. The van der Waals surface area contributed by atoms with E-state index in [2.05, 4.69) is 15.9 Å². The second-order valence-corrected chi connectivity index (χ2v) is 6.43. The van der Waals surface area contributed by atoms with Crippen LogP contribution in [0.2, 0.25) is 0 Å². The number of alkyl halides is 1. The van der Waals surface area contributed by atoms with Crippen LogP contribution in [0.15, 0.2) is 29.2 Å². The molecular weight excluding hydrogens is 310 g/mol. The normalized spacial score (nSPS) is 20.9. The van der Waals surface area contributed by atoms with Crippen LogP contribution >= 0.6 is 15.9 Å². The Hall–Kier alpha value is -0.920. The maximum Gasteiger partial charge on any atom is 0.296 e. The number of rotatable bonds is 2. The number of hydrogen-bond acceptors (Lipinski definition) is 3. The summed E-state index contributed by atoms with van der Waals surface area (Å²) in [5, 5.41) is 0. The lowest BCUT2D eigenvalue weighted by Gasteiger charge is -2.18. The number of nitrogens with zero attached hydrogens (tertiary/aromatic N) is 1. The Bertz CT molecular complexity index is 557. The van der Waals surface area contributed by atoms with Crippen LogP contribution < -0.4 is 4.90 Å². The summed E-state index contributed by atoms with van der Waals surface area (Å²) >= 11 is 3.32. The van der Waals surface area contributed by atoms with Crippen molar-refractivity contribution in [1.82, 2.24) is 0 Å². The minimum absolute atomic E-state index is 0.00412. The Morgan fingerprint density at radius 3 is 2.53 bits per heavy atom. The van der Waals surface area contributed by atoms with Crippen LogP contribution in [0.5, 0.6) is 0 Å². The van der Waals surface area contributed by atoms with Crippen molar-refractivity contribution in [3.63, 3.8) is 0 Å². The Morgan fingerprint density at radius 1 is 1.35 bits per heavy atom. The van der Waals surface area contributed by atoms with E-state index in [1.807, 2.05) is 0 Å². The summed E-state index contributed by atoms with van der Waals surface area (Å²) < 4.78 is 31.5. The SMILES string of the molecule is O=C1CC(Br)CN1c1ccccc1S(=O)(=O)O. The third-order valence-corrected chi connectivity index (χ3v) is 4.03. The minimum Gasteiger partial charge on any atom is -0.310 e. The highest BCUT2D eigenvalue weighted by Crippen LogP contribution is 2.30. The quantitative estimate of drug-likeness (QED) is 0.661. The molecule has 1 aliphatic heterocycles. The molecule has 1 aromatic carbocycles. The first-order chi connectivity index (χ1) is 7.89. The van der Waals surface area contributed by atoms with Crippen LogP contribution in [0.3, 0.4) is 0 Å². The van der Waals surface area contributed by atoms with Gasteiger partial charge in [0.2, 0.25) is 5.91 Å². The molecule has 0 aliphatic carbocycles. The summed E-state index contributed by atoms with van der Waals surface area (Å²) in [6.07, 6.45) is 0.319. The van der Waals surface area contributed by atoms with Gasteiger partial charge < -0.3 is 4.90 Å². The molecule has 1 fully saturated rings. The molecule has 1 aliphatic rings. The van der Waals surface area contributed by atoms with Gasteiger partial charge in [0.05, 0.1) is 5.69 Å². The van der Waals surface area contributed by atoms with E-state index in [9.17, 15) is 13.2 Å². The molecule has 0 saturated carbocycles. The van der Waals surface area contributed by atoms with Crippen molar-refractivity contribution in [3.8, 4) is 0 Å². The number of hydrogen-bond donors (Lipinski definition) is 1. The van der Waals surface area contributed by atoms with Crippen molar-refractivity contribution in [2.75, 3.05) is 11.4 Å². The minimum atomic E-state index is -4.32. The third-order valence-electron chi connectivity index (χ3n) is 2.51. The van der Waals surface area contributed by atoms with Gasteiger partial charge in [-0.2, -0.15) is 8.42 Å². The average Bonchev–Trinajstić information content (AvgIpc) is 2.56. The van der Waals surface area contributed by atoms with Crippen molar-refractivity contribution in [3.05, 3.63) is 24.3 Å². The predicted molar refractivity (Wildman–Crippen MR) is 65.9 cm³/mol. The highest BCUT2D eigenvalue weighted by atomic mass is 79.9. The summed E-state index contributed by atoms with van der Waals surface area (Å²) in [5.74, 6) is -0.164. The number of carbonyl (C=O) groups excluding carboxylic acids is 1. The van der Waals surface area contributed by atoms with Crippen LogP contribution in [0.4, 0.5) is 5.69 Å². The smallest absolute Gasteiger partial charge is 0.296 e. The maximum atomic E-state index is 11.7. The number of benzene rings is 1. The molecule has 0 spiro atoms. The summed E-state index contributed by atoms with van der Waals surface area (Å²) in [7, 11) is -4.32. The fraction of sp³-hybridized carbons (Fsp3) is 0.300. The molecule has 17 heavy (non-hydrogen) atoms. The lowest BCUT2D eigenvalue weighted by Crippen LogP contribution is -2.26. The van der Waals surface area contributed by atoms with E-state index >= 15 is 0 Å². The zero-order chi connectivity index (χ0) is 12.6. The van der Waals surface area contributed by atoms with E-state index < -0.39 is 10.1 Å². The Labute approximate surface area is 107 Å². The van der Waals surface area contributed by atoms with Crippen molar-refractivity contribution in [1.29, 1.82) is 0 Å². The van der Waals surface area contributed by atoms with Crippen LogP contribution in [0.25, 0.3) is 0 Å². The van der Waals surface area contributed by atoms with Crippen molar-refractivity contribution in [2.24, 2.45) is 0 Å². The van der Waals surface area contributed by atoms with E-state index in [1.165, 1.54) is 23.1 Å². The maximum absolute atomic E-state index is 11.7. The molecule has 1 heterocycles. The molecule has 1 N–H and O–H groups in total. The predicted octanol–water partition coefficient (Wildman–Crippen LogP) is 1.43. The number of amides is 1. The van der Waals surface area contributed by atoms with Crippen molar-refractivity contribution < 1.29 is 17.8 Å². The summed E-state index contributed by atoms with van der Waals surface area (Å²) in [5.41, 5.74) is 0.224. The van der Waals surface area contributed by atoms with E-state index in [-0.39, 0.29) is 21.3 Å². The molecule has 1 unspecified atom stereocenters. The number of carbonyl (C=O) groups is 1. The lowest BCUT2D eigenvalue weighted by molar-refractivity contribution is -0.117. The molecule has 1 saturated heterocycles. The molecule has 5 nitrogen and oxygen atoms in total. The molecule has 0 aromatic heterocycles. The fourth-order valence-corrected chi connectivity index (χ4v) is 3.05. The standard InChI is InChI=1S/C10H10BrNO4S/c11-7-5-10(13)12(6-7)8-3-1-2-4-9(8)17(14,15)16/h1-4,7H,5-6H2,(H,14,15,16). The third kappa shape index (κ3) is 2.51. The molecule has 7 heteroatoms. The highest BCUT2D eigenvalue weighted by molar-refractivity contribution is 9.09. The van der Waals surface area contributed by atoms with Gasteiger partial charge in [0.1, 0.15) is 4.90 Å². The van der Waals surface area contributed by atoms with Crippen molar-refractivity contribution in [2.45, 2.75) is 16.1 Å². The second-order valence-electron chi connectivity index (χ2n) is 3.75. The first-order valence-corrected chi connectivity index (χ1v) is 7.26. The Morgan fingerprint density at radius 2 is 2.00 bits per heavy atom. The molecular formula is C10H10BrNO4S. The molecule has 92 valence electrons. The fourth-order valence-electron chi connectivity index (χ4n) is 1.80. The van der Waals surface area contributed by atoms with E-state index in [0.717, 1.165) is 0 Å². The first-order valence-electron chi connectivity index (χ1n) is 4.90. The second kappa shape index (κ2) is 4.40. The van der Waals surface area contributed by atoms with Crippen LogP contribution in [0.1, 0.15) is 6.42 Å². The molecule has 2 rings (SSSR count). The number of halogens is 1. The highest BCUT2D eigenvalue weighted by Gasteiger charge is 2.31.